The van der Waals surface area contributed by atoms with E-state index in [1.807, 2.05) is 0 Å². The Balaban J connectivity index is 1.47. The van der Waals surface area contributed by atoms with Crippen molar-refractivity contribution in [3.8, 4) is 0 Å². The normalized spacial score (nSPS) is 26.5. The Kier molecular flexibility index (Phi) is 4.18. The number of nitrogens with zero attached hydrogens (tertiary/aromatic N) is 2. The average Bonchev–Trinajstić information content (AvgIpc) is 3.05. The molecule has 108 valence electrons. The van der Waals surface area contributed by atoms with E-state index in [0.29, 0.717) is 0 Å². The molecule has 2 saturated heterocycles. The van der Waals surface area contributed by atoms with Gasteiger partial charge < -0.3 is 4.90 Å². The molecule has 1 aromatic rings. The zero-order valence-corrected chi connectivity index (χ0v) is 13.2. The lowest BCUT2D eigenvalue weighted by molar-refractivity contribution is 0.0981. The molecule has 2 aliphatic heterocycles. The highest BCUT2D eigenvalue weighted by atomic mass is 15.3. The quantitative estimate of drug-likeness (QED) is 0.569. The lowest BCUT2D eigenvalue weighted by atomic mass is 9.88. The predicted octanol–water partition coefficient (Wildman–Crippen LogP) is 1.38. The summed E-state index contributed by atoms with van der Waals surface area (Å²) < 4.78 is 0. The van der Waals surface area contributed by atoms with E-state index in [1.54, 1.807) is 5.56 Å². The molecule has 0 bridgehead atoms. The molecule has 0 aliphatic carbocycles. The summed E-state index contributed by atoms with van der Waals surface area (Å²) in [4.78, 5) is 5.06. The third-order valence-electron chi connectivity index (χ3n) is 4.94. The summed E-state index contributed by atoms with van der Waals surface area (Å²) in [7, 11) is 4.48. The van der Waals surface area contributed by atoms with Crippen molar-refractivity contribution in [2.75, 3.05) is 33.2 Å². The lowest BCUT2D eigenvalue weighted by Gasteiger charge is -2.39. The van der Waals surface area contributed by atoms with Gasteiger partial charge in [0.1, 0.15) is 7.85 Å². The molecule has 0 N–H and O–H groups in total. The van der Waals surface area contributed by atoms with Crippen LogP contribution in [0.15, 0.2) is 18.2 Å². The molecule has 2 atom stereocenters. The van der Waals surface area contributed by atoms with Crippen molar-refractivity contribution in [1.82, 2.24) is 9.80 Å². The Hall–Kier alpha value is -0.795. The number of hydrogen-bond donors (Lipinski definition) is 0. The van der Waals surface area contributed by atoms with E-state index < -0.39 is 0 Å². The molecule has 3 rings (SSSR count). The fourth-order valence-electron chi connectivity index (χ4n) is 3.48. The maximum atomic E-state index is 2.62. The largest absolute Gasteiger partial charge is 0.301 e. The summed E-state index contributed by atoms with van der Waals surface area (Å²) in [5.74, 6) is 0.884. The Morgan fingerprint density at radius 2 is 2.00 bits per heavy atom. The second-order valence-corrected chi connectivity index (χ2v) is 6.89. The number of hydrogen-bond acceptors (Lipinski definition) is 2. The van der Waals surface area contributed by atoms with E-state index in [0.717, 1.165) is 12.0 Å². The third kappa shape index (κ3) is 3.26. The van der Waals surface area contributed by atoms with E-state index in [4.69, 9.17) is 0 Å². The highest BCUT2D eigenvalue weighted by Gasteiger charge is 2.35. The Morgan fingerprint density at radius 3 is 2.60 bits per heavy atom. The minimum atomic E-state index is 0.853. The van der Waals surface area contributed by atoms with Crippen LogP contribution >= 0.6 is 0 Å². The van der Waals surface area contributed by atoms with Gasteiger partial charge in [-0.3, -0.25) is 4.90 Å². The van der Waals surface area contributed by atoms with Gasteiger partial charge in [-0.2, -0.15) is 0 Å². The molecule has 20 heavy (non-hydrogen) atoms. The summed E-state index contributed by atoms with van der Waals surface area (Å²) >= 11 is 0. The molecule has 2 aliphatic rings. The Morgan fingerprint density at radius 1 is 1.25 bits per heavy atom. The molecule has 0 radical (unpaired) electrons. The van der Waals surface area contributed by atoms with Crippen molar-refractivity contribution < 1.29 is 0 Å². The zero-order valence-electron chi connectivity index (χ0n) is 13.2. The van der Waals surface area contributed by atoms with E-state index in [9.17, 15) is 0 Å². The van der Waals surface area contributed by atoms with E-state index in [1.165, 1.54) is 56.5 Å². The summed E-state index contributed by atoms with van der Waals surface area (Å²) in [5, 5.41) is 0. The third-order valence-corrected chi connectivity index (χ3v) is 4.94. The van der Waals surface area contributed by atoms with Crippen LogP contribution < -0.4 is 0 Å². The van der Waals surface area contributed by atoms with Gasteiger partial charge in [-0.15, -0.1) is 0 Å². The summed E-state index contributed by atoms with van der Waals surface area (Å²) in [6, 6.07) is 7.96. The molecule has 0 aromatic heterocycles. The predicted molar refractivity (Wildman–Crippen MR) is 88.3 cm³/mol. The van der Waals surface area contributed by atoms with E-state index in [2.05, 4.69) is 49.8 Å². The smallest absolute Gasteiger partial charge is 0.101 e. The summed E-state index contributed by atoms with van der Waals surface area (Å²) in [6.45, 7) is 7.49. The number of likely N-dealkylation sites (tertiary alicyclic amines) is 1. The average molecular weight is 270 g/mol. The van der Waals surface area contributed by atoms with Crippen LogP contribution in [0.3, 0.4) is 0 Å². The second-order valence-electron chi connectivity index (χ2n) is 6.89. The Labute approximate surface area is 124 Å². The van der Waals surface area contributed by atoms with Crippen LogP contribution in [0.4, 0.5) is 0 Å². The van der Waals surface area contributed by atoms with E-state index in [-0.39, 0.29) is 0 Å². The Bertz CT molecular complexity index is 468. The molecule has 0 spiro atoms. The van der Waals surface area contributed by atoms with Gasteiger partial charge in [-0.05, 0) is 49.4 Å². The number of rotatable bonds is 6. The topological polar surface area (TPSA) is 6.25 Å². The number of aryl methyl sites for hydroxylation is 2. The minimum absolute atomic E-state index is 0.853. The van der Waals surface area contributed by atoms with Gasteiger partial charge in [0.25, 0.3) is 0 Å². The van der Waals surface area contributed by atoms with Crippen LogP contribution in [0.25, 0.3) is 0 Å². The van der Waals surface area contributed by atoms with Gasteiger partial charge >= 0.3 is 0 Å². The maximum Gasteiger partial charge on any atom is 0.101 e. The van der Waals surface area contributed by atoms with Gasteiger partial charge in [-0.1, -0.05) is 24.5 Å². The molecule has 0 saturated carbocycles. The number of likely N-dealkylation sites (N-methyl/N-ethyl adjacent to an activating group) is 1. The van der Waals surface area contributed by atoms with Crippen LogP contribution in [0.1, 0.15) is 16.7 Å². The SMILES string of the molecule is BCCc1ccc(CC2CN(CC3CN3C)C2)c(C)c1. The highest BCUT2D eigenvalue weighted by Crippen LogP contribution is 2.25. The summed E-state index contributed by atoms with van der Waals surface area (Å²) in [6.07, 6.45) is 3.73. The maximum absolute atomic E-state index is 2.62. The van der Waals surface area contributed by atoms with Crippen molar-refractivity contribution in [1.29, 1.82) is 0 Å². The van der Waals surface area contributed by atoms with Crippen molar-refractivity contribution in [3.05, 3.63) is 34.9 Å². The second kappa shape index (κ2) is 5.91. The molecular formula is C17H27BN2. The lowest BCUT2D eigenvalue weighted by Crippen LogP contribution is -2.49. The molecule has 2 fully saturated rings. The number of benzene rings is 1. The first-order valence-corrected chi connectivity index (χ1v) is 8.16. The molecular weight excluding hydrogens is 243 g/mol. The van der Waals surface area contributed by atoms with Gasteiger partial charge in [0, 0.05) is 32.2 Å². The molecule has 2 unspecified atom stereocenters. The molecule has 2 nitrogen and oxygen atoms in total. The first kappa shape index (κ1) is 14.2. The molecule has 2 heterocycles. The monoisotopic (exact) mass is 270 g/mol. The van der Waals surface area contributed by atoms with Crippen LogP contribution in [0.5, 0.6) is 0 Å². The first-order valence-electron chi connectivity index (χ1n) is 8.16. The molecule has 1 aromatic carbocycles. The fourth-order valence-corrected chi connectivity index (χ4v) is 3.48. The van der Waals surface area contributed by atoms with Crippen LogP contribution in [0, 0.1) is 12.8 Å². The summed E-state index contributed by atoms with van der Waals surface area (Å²) in [5.41, 5.74) is 4.56. The van der Waals surface area contributed by atoms with E-state index >= 15 is 0 Å². The van der Waals surface area contributed by atoms with Gasteiger partial charge in [0.05, 0.1) is 0 Å². The van der Waals surface area contributed by atoms with Gasteiger partial charge in [-0.25, -0.2) is 0 Å². The molecule has 3 heteroatoms. The van der Waals surface area contributed by atoms with Crippen LogP contribution in [-0.2, 0) is 12.8 Å². The highest BCUT2D eigenvalue weighted by molar-refractivity contribution is 6.08. The standard InChI is InChI=1S/C17H27BN2/c1-13-7-14(5-6-18)3-4-16(13)8-15-9-20(10-15)12-17-11-19(17)2/h3-4,7,15,17H,5-6,8-12,18H2,1-2H3. The molecule has 0 amide bonds. The van der Waals surface area contributed by atoms with Gasteiger partial charge in [0.2, 0.25) is 0 Å². The van der Waals surface area contributed by atoms with Crippen molar-refractivity contribution >= 4 is 7.85 Å². The van der Waals surface area contributed by atoms with Crippen molar-refractivity contribution in [2.24, 2.45) is 5.92 Å². The zero-order chi connectivity index (χ0) is 14.1. The minimum Gasteiger partial charge on any atom is -0.301 e. The van der Waals surface area contributed by atoms with Gasteiger partial charge in [0.15, 0.2) is 0 Å². The first-order chi connectivity index (χ1) is 9.65. The van der Waals surface area contributed by atoms with Crippen molar-refractivity contribution in [3.63, 3.8) is 0 Å². The fraction of sp³-hybridized carbons (Fsp3) is 0.647. The van der Waals surface area contributed by atoms with Crippen LogP contribution in [0.2, 0.25) is 6.32 Å². The van der Waals surface area contributed by atoms with Crippen LogP contribution in [-0.4, -0.2) is 56.9 Å². The van der Waals surface area contributed by atoms with Crippen molar-refractivity contribution in [2.45, 2.75) is 32.1 Å².